The van der Waals surface area contributed by atoms with Gasteiger partial charge in [0, 0.05) is 24.7 Å². The van der Waals surface area contributed by atoms with E-state index in [4.69, 9.17) is 9.47 Å². The van der Waals surface area contributed by atoms with Gasteiger partial charge in [0.15, 0.2) is 5.43 Å². The van der Waals surface area contributed by atoms with Crippen molar-refractivity contribution in [1.82, 2.24) is 4.57 Å². The number of hydrogen-bond acceptors (Lipinski definition) is 3. The lowest BCUT2D eigenvalue weighted by Crippen LogP contribution is -2.18. The Labute approximate surface area is 146 Å². The van der Waals surface area contributed by atoms with Crippen LogP contribution in [0.2, 0.25) is 0 Å². The normalized spacial score (nSPS) is 16.5. The van der Waals surface area contributed by atoms with E-state index < -0.39 is 0 Å². The zero-order valence-electron chi connectivity index (χ0n) is 14.5. The van der Waals surface area contributed by atoms with Crippen molar-refractivity contribution in [2.75, 3.05) is 13.2 Å². The smallest absolute Gasteiger partial charge is 0.194 e. The number of rotatable bonds is 4. The quantitative estimate of drug-likeness (QED) is 0.674. The second-order valence-electron chi connectivity index (χ2n) is 6.46. The molecule has 0 amide bonds. The van der Waals surface area contributed by atoms with Crippen LogP contribution in [0.3, 0.4) is 0 Å². The Morgan fingerprint density at radius 2 is 2.16 bits per heavy atom. The van der Waals surface area contributed by atoms with Crippen molar-refractivity contribution < 1.29 is 9.47 Å². The van der Waals surface area contributed by atoms with Crippen molar-refractivity contribution >= 4 is 21.7 Å². The first-order valence-electron chi connectivity index (χ1n) is 8.66. The first-order chi connectivity index (χ1) is 12.2. The fourth-order valence-electron chi connectivity index (χ4n) is 3.51. The fourth-order valence-corrected chi connectivity index (χ4v) is 3.51. The average molecular weight is 335 g/mol. The molecule has 0 N–H and O–H groups in total. The third-order valence-electron chi connectivity index (χ3n) is 4.71. The first-order valence-corrected chi connectivity index (χ1v) is 8.66. The lowest BCUT2D eigenvalue weighted by atomic mass is 9.97. The van der Waals surface area contributed by atoms with Gasteiger partial charge in [-0.05, 0) is 29.3 Å². The molecule has 0 saturated heterocycles. The summed E-state index contributed by atoms with van der Waals surface area (Å²) in [5, 5.41) is 2.71. The van der Waals surface area contributed by atoms with Crippen LogP contribution in [0.15, 0.2) is 53.7 Å². The molecule has 2 aromatic carbocycles. The highest BCUT2D eigenvalue weighted by Gasteiger charge is 2.21. The Bertz CT molecular complexity index is 1030. The van der Waals surface area contributed by atoms with Crippen LogP contribution in [0, 0.1) is 0 Å². The van der Waals surface area contributed by atoms with Crippen molar-refractivity contribution in [3.8, 4) is 5.75 Å². The van der Waals surface area contributed by atoms with E-state index in [-0.39, 0.29) is 11.3 Å². The van der Waals surface area contributed by atoms with E-state index in [0.29, 0.717) is 13.2 Å². The number of aryl methyl sites for hydroxylation is 1. The van der Waals surface area contributed by atoms with E-state index in [1.165, 1.54) is 0 Å². The summed E-state index contributed by atoms with van der Waals surface area (Å²) in [6.07, 6.45) is 6.46. The Morgan fingerprint density at radius 1 is 1.32 bits per heavy atom. The summed E-state index contributed by atoms with van der Waals surface area (Å²) in [6, 6.07) is 10.0. The maximum absolute atomic E-state index is 13.3. The zero-order chi connectivity index (χ0) is 17.4. The number of pyridine rings is 1. The van der Waals surface area contributed by atoms with Crippen LogP contribution in [-0.2, 0) is 11.8 Å². The molecule has 1 unspecified atom stereocenters. The van der Waals surface area contributed by atoms with Crippen LogP contribution >= 0.6 is 0 Å². The minimum Gasteiger partial charge on any atom is -0.501 e. The minimum absolute atomic E-state index is 0.00192. The second-order valence-corrected chi connectivity index (χ2v) is 6.46. The molecule has 0 radical (unpaired) electrons. The van der Waals surface area contributed by atoms with Crippen molar-refractivity contribution in [3.05, 3.63) is 64.7 Å². The summed E-state index contributed by atoms with van der Waals surface area (Å²) in [6.45, 7) is 3.22. The predicted molar refractivity (Wildman–Crippen MR) is 100 cm³/mol. The molecule has 25 heavy (non-hydrogen) atoms. The van der Waals surface area contributed by atoms with Crippen molar-refractivity contribution in [3.63, 3.8) is 0 Å². The molecule has 0 bridgehead atoms. The molecule has 1 atom stereocenters. The highest BCUT2D eigenvalue weighted by Crippen LogP contribution is 2.33. The van der Waals surface area contributed by atoms with Gasteiger partial charge in [-0.2, -0.15) is 0 Å². The van der Waals surface area contributed by atoms with Gasteiger partial charge in [0.1, 0.15) is 5.75 Å². The van der Waals surface area contributed by atoms with Gasteiger partial charge >= 0.3 is 0 Å². The van der Waals surface area contributed by atoms with Gasteiger partial charge in [0.05, 0.1) is 30.4 Å². The van der Waals surface area contributed by atoms with Crippen LogP contribution in [0.25, 0.3) is 21.7 Å². The maximum atomic E-state index is 13.3. The highest BCUT2D eigenvalue weighted by atomic mass is 16.5. The van der Waals surface area contributed by atoms with Crippen molar-refractivity contribution in [2.45, 2.75) is 19.3 Å². The van der Waals surface area contributed by atoms with E-state index in [0.717, 1.165) is 39.4 Å². The molecule has 1 aromatic heterocycles. The van der Waals surface area contributed by atoms with Crippen molar-refractivity contribution in [1.29, 1.82) is 0 Å². The van der Waals surface area contributed by atoms with Gasteiger partial charge in [-0.25, -0.2) is 0 Å². The summed E-state index contributed by atoms with van der Waals surface area (Å²) >= 11 is 0. The van der Waals surface area contributed by atoms with Gasteiger partial charge in [-0.3, -0.25) is 4.79 Å². The summed E-state index contributed by atoms with van der Waals surface area (Å²) in [5.74, 6) is 0.766. The van der Waals surface area contributed by atoms with Crippen LogP contribution in [0.1, 0.15) is 24.8 Å². The molecular formula is C21H21NO3. The van der Waals surface area contributed by atoms with Crippen LogP contribution in [0.5, 0.6) is 5.75 Å². The third-order valence-corrected chi connectivity index (χ3v) is 4.71. The molecule has 3 aromatic rings. The molecule has 0 spiro atoms. The van der Waals surface area contributed by atoms with E-state index in [1.807, 2.05) is 54.2 Å². The van der Waals surface area contributed by atoms with Crippen LogP contribution in [-0.4, -0.2) is 17.8 Å². The average Bonchev–Trinajstić information content (AvgIpc) is 3.16. The Hall–Kier alpha value is -2.75. The molecule has 0 aliphatic carbocycles. The van der Waals surface area contributed by atoms with E-state index in [2.05, 4.69) is 6.92 Å². The molecular weight excluding hydrogens is 314 g/mol. The number of hydrogen-bond donors (Lipinski definition) is 0. The minimum atomic E-state index is 0.00192. The maximum Gasteiger partial charge on any atom is 0.194 e. The van der Waals surface area contributed by atoms with Crippen molar-refractivity contribution in [2.24, 2.45) is 7.05 Å². The van der Waals surface area contributed by atoms with Crippen LogP contribution in [0.4, 0.5) is 0 Å². The molecule has 4 nitrogen and oxygen atoms in total. The monoisotopic (exact) mass is 335 g/mol. The lowest BCUT2D eigenvalue weighted by Gasteiger charge is -2.17. The number of nitrogens with zero attached hydrogens (tertiary/aromatic N) is 1. The number of aromatic nitrogens is 1. The third kappa shape index (κ3) is 2.58. The predicted octanol–water partition coefficient (Wildman–Crippen LogP) is 4.11. The van der Waals surface area contributed by atoms with Crippen LogP contribution < -0.4 is 10.2 Å². The summed E-state index contributed by atoms with van der Waals surface area (Å²) in [5.41, 5.74) is 1.68. The first kappa shape index (κ1) is 15.8. The standard InChI is InChI=1S/C21H21NO3/c1-3-9-25-18-11-14-6-4-5-7-16(14)19-20(18)22(2)12-17(21(19)23)15-8-10-24-13-15/h4-8,10-12,15H,3,9,13H2,1-2H3. The largest absolute Gasteiger partial charge is 0.501 e. The molecule has 1 aliphatic rings. The van der Waals surface area contributed by atoms with E-state index in [9.17, 15) is 4.79 Å². The SMILES string of the molecule is CCCOc1cc2ccccc2c2c(=O)c(C3C=COC3)cn(C)c12. The summed E-state index contributed by atoms with van der Waals surface area (Å²) in [4.78, 5) is 13.3. The molecule has 4 heteroatoms. The number of benzene rings is 2. The van der Waals surface area contributed by atoms with Gasteiger partial charge in [-0.15, -0.1) is 0 Å². The molecule has 128 valence electrons. The van der Waals surface area contributed by atoms with Gasteiger partial charge < -0.3 is 14.0 Å². The topological polar surface area (TPSA) is 40.5 Å². The molecule has 0 fully saturated rings. The number of ether oxygens (including phenoxy) is 2. The lowest BCUT2D eigenvalue weighted by molar-refractivity contribution is 0.269. The van der Waals surface area contributed by atoms with E-state index >= 15 is 0 Å². The summed E-state index contributed by atoms with van der Waals surface area (Å²) < 4.78 is 13.3. The number of fused-ring (bicyclic) bond motifs is 3. The van der Waals surface area contributed by atoms with Gasteiger partial charge in [0.25, 0.3) is 0 Å². The fraction of sp³-hybridized carbons (Fsp3) is 0.286. The van der Waals surface area contributed by atoms with Gasteiger partial charge in [-0.1, -0.05) is 31.2 Å². The Kier molecular flexibility index (Phi) is 3.96. The highest BCUT2D eigenvalue weighted by molar-refractivity contribution is 6.09. The Morgan fingerprint density at radius 3 is 2.92 bits per heavy atom. The summed E-state index contributed by atoms with van der Waals surface area (Å²) in [7, 11) is 1.97. The molecule has 0 saturated carbocycles. The second kappa shape index (κ2) is 6.28. The molecule has 4 rings (SSSR count). The zero-order valence-corrected chi connectivity index (χ0v) is 14.5. The van der Waals surface area contributed by atoms with E-state index in [1.54, 1.807) is 6.26 Å². The van der Waals surface area contributed by atoms with Gasteiger partial charge in [0.2, 0.25) is 0 Å². The Balaban J connectivity index is 2.09. The molecule has 2 heterocycles. The molecule has 1 aliphatic heterocycles.